The molecule has 0 saturated heterocycles. The van der Waals surface area contributed by atoms with Crippen LogP contribution >= 0.6 is 0 Å². The lowest BCUT2D eigenvalue weighted by Crippen LogP contribution is -2.23. The predicted molar refractivity (Wildman–Crippen MR) is 94.3 cm³/mol. The van der Waals surface area contributed by atoms with E-state index in [-0.39, 0.29) is 24.6 Å². The van der Waals surface area contributed by atoms with Crippen LogP contribution in [0.1, 0.15) is 28.9 Å². The molecule has 0 aliphatic rings. The third-order valence-electron chi connectivity index (χ3n) is 3.44. The van der Waals surface area contributed by atoms with Crippen molar-refractivity contribution >= 4 is 16.0 Å². The van der Waals surface area contributed by atoms with E-state index >= 15 is 0 Å². The standard InChI is InChI=1S/C16H19F3N4O5S/c1-29(25,26)27-8-3-2-7-23-11-14(21-22-23)15(24)20-10-12-5-4-6-13(9-12)28-16(17,18)19/h4-6,9,11H,2-3,7-8,10H2,1H3,(H,20,24). The Morgan fingerprint density at radius 1 is 1.28 bits per heavy atom. The maximum atomic E-state index is 12.3. The number of nitrogens with zero attached hydrogens (tertiary/aromatic N) is 3. The number of nitrogens with one attached hydrogen (secondary N) is 1. The Morgan fingerprint density at radius 3 is 2.72 bits per heavy atom. The van der Waals surface area contributed by atoms with Gasteiger partial charge in [0.25, 0.3) is 16.0 Å². The van der Waals surface area contributed by atoms with Crippen LogP contribution < -0.4 is 10.1 Å². The molecule has 2 aromatic rings. The molecule has 1 heterocycles. The predicted octanol–water partition coefficient (Wildman–Crippen LogP) is 1.86. The van der Waals surface area contributed by atoms with Gasteiger partial charge in [0.2, 0.25) is 0 Å². The van der Waals surface area contributed by atoms with Crippen LogP contribution in [0, 0.1) is 0 Å². The Bertz CT molecular complexity index is 931. The summed E-state index contributed by atoms with van der Waals surface area (Å²) in [7, 11) is -3.47. The van der Waals surface area contributed by atoms with Gasteiger partial charge in [-0.3, -0.25) is 13.7 Å². The van der Waals surface area contributed by atoms with E-state index in [0.717, 1.165) is 12.3 Å². The van der Waals surface area contributed by atoms with Gasteiger partial charge in [-0.25, -0.2) is 0 Å². The SMILES string of the molecule is CS(=O)(=O)OCCCCn1cc(C(=O)NCc2cccc(OC(F)(F)F)c2)nn1. The van der Waals surface area contributed by atoms with Gasteiger partial charge in [0.15, 0.2) is 5.69 Å². The van der Waals surface area contributed by atoms with Gasteiger partial charge in [-0.2, -0.15) is 8.42 Å². The van der Waals surface area contributed by atoms with Crippen LogP contribution in [0.25, 0.3) is 0 Å². The number of ether oxygens (including phenoxy) is 1. The number of alkyl halides is 3. The number of benzene rings is 1. The number of unbranched alkanes of at least 4 members (excludes halogenated alkanes) is 1. The van der Waals surface area contributed by atoms with E-state index in [2.05, 4.69) is 24.5 Å². The molecule has 0 aliphatic heterocycles. The van der Waals surface area contributed by atoms with Crippen molar-refractivity contribution in [2.75, 3.05) is 12.9 Å². The summed E-state index contributed by atoms with van der Waals surface area (Å²) in [5, 5.41) is 10.1. The minimum Gasteiger partial charge on any atom is -0.406 e. The van der Waals surface area contributed by atoms with Crippen molar-refractivity contribution < 1.29 is 35.3 Å². The van der Waals surface area contributed by atoms with Gasteiger partial charge in [-0.15, -0.1) is 18.3 Å². The molecule has 1 aromatic heterocycles. The average Bonchev–Trinajstić information content (AvgIpc) is 3.06. The molecular weight excluding hydrogens is 417 g/mol. The fourth-order valence-electron chi connectivity index (χ4n) is 2.22. The molecular formula is C16H19F3N4O5S. The first-order valence-electron chi connectivity index (χ1n) is 8.39. The quantitative estimate of drug-likeness (QED) is 0.447. The summed E-state index contributed by atoms with van der Waals surface area (Å²) in [4.78, 5) is 12.1. The maximum absolute atomic E-state index is 12.3. The lowest BCUT2D eigenvalue weighted by molar-refractivity contribution is -0.274. The third-order valence-corrected chi connectivity index (χ3v) is 4.03. The molecule has 0 atom stereocenters. The molecule has 160 valence electrons. The van der Waals surface area contributed by atoms with Crippen LogP contribution in [0.15, 0.2) is 30.5 Å². The van der Waals surface area contributed by atoms with Crippen molar-refractivity contribution in [3.8, 4) is 5.75 Å². The number of halogens is 3. The number of carbonyl (C=O) groups is 1. The molecule has 13 heteroatoms. The van der Waals surface area contributed by atoms with Crippen LogP contribution in [0.4, 0.5) is 13.2 Å². The van der Waals surface area contributed by atoms with Gasteiger partial charge in [0.1, 0.15) is 5.75 Å². The molecule has 2 rings (SSSR count). The highest BCUT2D eigenvalue weighted by Crippen LogP contribution is 2.23. The zero-order valence-electron chi connectivity index (χ0n) is 15.3. The van der Waals surface area contributed by atoms with Crippen molar-refractivity contribution in [2.24, 2.45) is 0 Å². The van der Waals surface area contributed by atoms with Crippen LogP contribution in [0.2, 0.25) is 0 Å². The highest BCUT2D eigenvalue weighted by molar-refractivity contribution is 7.85. The molecule has 0 saturated carbocycles. The smallest absolute Gasteiger partial charge is 0.406 e. The van der Waals surface area contributed by atoms with Crippen molar-refractivity contribution in [2.45, 2.75) is 32.3 Å². The van der Waals surface area contributed by atoms with Crippen molar-refractivity contribution in [3.05, 3.63) is 41.7 Å². The number of aryl methyl sites for hydroxylation is 1. The molecule has 1 amide bonds. The first-order valence-corrected chi connectivity index (χ1v) is 10.2. The van der Waals surface area contributed by atoms with Gasteiger partial charge in [0, 0.05) is 13.1 Å². The normalized spacial score (nSPS) is 12.0. The summed E-state index contributed by atoms with van der Waals surface area (Å²) >= 11 is 0. The molecule has 0 aliphatic carbocycles. The third kappa shape index (κ3) is 8.91. The summed E-state index contributed by atoms with van der Waals surface area (Å²) in [6.45, 7) is 0.436. The fraction of sp³-hybridized carbons (Fsp3) is 0.438. The number of hydrogen-bond donors (Lipinski definition) is 1. The highest BCUT2D eigenvalue weighted by Gasteiger charge is 2.31. The molecule has 29 heavy (non-hydrogen) atoms. The summed E-state index contributed by atoms with van der Waals surface area (Å²) < 4.78 is 68.3. The van der Waals surface area contributed by atoms with E-state index < -0.39 is 22.4 Å². The van der Waals surface area contributed by atoms with Crippen LogP contribution in [-0.4, -0.2) is 48.5 Å². The number of carbonyl (C=O) groups excluding carboxylic acids is 1. The molecule has 0 bridgehead atoms. The molecule has 1 aromatic carbocycles. The second kappa shape index (κ2) is 9.69. The number of aromatic nitrogens is 3. The fourth-order valence-corrected chi connectivity index (χ4v) is 2.64. The molecule has 0 radical (unpaired) electrons. The highest BCUT2D eigenvalue weighted by atomic mass is 32.2. The minimum absolute atomic E-state index is 0.0242. The van der Waals surface area contributed by atoms with Gasteiger partial charge in [0.05, 0.1) is 19.1 Å². The van der Waals surface area contributed by atoms with Gasteiger partial charge < -0.3 is 10.1 Å². The first kappa shape index (κ1) is 22.6. The van der Waals surface area contributed by atoms with E-state index in [0.29, 0.717) is 24.9 Å². The van der Waals surface area contributed by atoms with E-state index in [9.17, 15) is 26.4 Å². The minimum atomic E-state index is -4.79. The number of amides is 1. The summed E-state index contributed by atoms with van der Waals surface area (Å²) in [6.07, 6.45) is -1.38. The van der Waals surface area contributed by atoms with E-state index in [4.69, 9.17) is 0 Å². The van der Waals surface area contributed by atoms with Gasteiger partial charge in [-0.05, 0) is 30.5 Å². The topological polar surface area (TPSA) is 112 Å². The van der Waals surface area contributed by atoms with E-state index in [1.807, 2.05) is 0 Å². The van der Waals surface area contributed by atoms with Crippen LogP contribution in [-0.2, 0) is 27.4 Å². The van der Waals surface area contributed by atoms with E-state index in [1.165, 1.54) is 23.0 Å². The van der Waals surface area contributed by atoms with Crippen molar-refractivity contribution in [1.29, 1.82) is 0 Å². The summed E-state index contributed by atoms with van der Waals surface area (Å²) in [5.41, 5.74) is 0.457. The van der Waals surface area contributed by atoms with Crippen molar-refractivity contribution in [3.63, 3.8) is 0 Å². The van der Waals surface area contributed by atoms with Crippen LogP contribution in [0.5, 0.6) is 5.75 Å². The summed E-state index contributed by atoms with van der Waals surface area (Å²) in [6, 6.07) is 5.25. The van der Waals surface area contributed by atoms with Crippen molar-refractivity contribution in [1.82, 2.24) is 20.3 Å². The summed E-state index contributed by atoms with van der Waals surface area (Å²) in [5.74, 6) is -0.922. The Balaban J connectivity index is 1.79. The molecule has 0 unspecified atom stereocenters. The Labute approximate surface area is 164 Å². The average molecular weight is 436 g/mol. The largest absolute Gasteiger partial charge is 0.573 e. The molecule has 1 N–H and O–H groups in total. The Hall–Kier alpha value is -2.67. The van der Waals surface area contributed by atoms with Crippen LogP contribution in [0.3, 0.4) is 0 Å². The lowest BCUT2D eigenvalue weighted by atomic mass is 10.2. The van der Waals surface area contributed by atoms with Gasteiger partial charge in [-0.1, -0.05) is 17.3 Å². The second-order valence-corrected chi connectivity index (χ2v) is 7.62. The Morgan fingerprint density at radius 2 is 2.03 bits per heavy atom. The number of hydrogen-bond acceptors (Lipinski definition) is 7. The molecule has 9 nitrogen and oxygen atoms in total. The molecule has 0 spiro atoms. The maximum Gasteiger partial charge on any atom is 0.573 e. The second-order valence-electron chi connectivity index (χ2n) is 5.98. The Kier molecular flexibility index (Phi) is 7.56. The molecule has 0 fully saturated rings. The monoisotopic (exact) mass is 436 g/mol. The van der Waals surface area contributed by atoms with E-state index in [1.54, 1.807) is 6.07 Å². The number of rotatable bonds is 10. The van der Waals surface area contributed by atoms with Gasteiger partial charge >= 0.3 is 6.36 Å². The zero-order chi connectivity index (χ0) is 21.5. The first-order chi connectivity index (χ1) is 13.5. The zero-order valence-corrected chi connectivity index (χ0v) is 16.2. The lowest BCUT2D eigenvalue weighted by Gasteiger charge is -2.10.